The highest BCUT2D eigenvalue weighted by Crippen LogP contribution is 2.32. The predicted octanol–water partition coefficient (Wildman–Crippen LogP) is 3.27. The molecule has 1 aromatic carbocycles. The number of aryl methyl sites for hydroxylation is 1. The molecule has 1 aliphatic carbocycles. The van der Waals surface area contributed by atoms with Crippen LogP contribution in [0.1, 0.15) is 55.8 Å². The van der Waals surface area contributed by atoms with E-state index in [9.17, 15) is 4.79 Å². The second-order valence-corrected chi connectivity index (χ2v) is 6.46. The van der Waals surface area contributed by atoms with E-state index in [-0.39, 0.29) is 5.91 Å². The number of unbranched alkanes of at least 4 members (excludes halogenated alkanes) is 3. The van der Waals surface area contributed by atoms with Crippen LogP contribution in [0, 0.1) is 0 Å². The van der Waals surface area contributed by atoms with Gasteiger partial charge in [0.1, 0.15) is 0 Å². The molecule has 1 atom stereocenters. The van der Waals surface area contributed by atoms with Gasteiger partial charge in [-0.05, 0) is 49.9 Å². The van der Waals surface area contributed by atoms with Crippen LogP contribution in [-0.4, -0.2) is 22.6 Å². The number of nitrogens with zero attached hydrogens (tertiary/aromatic N) is 1. The molecule has 0 saturated carbocycles. The van der Waals surface area contributed by atoms with Crippen molar-refractivity contribution < 1.29 is 10.0 Å². The third kappa shape index (κ3) is 4.10. The molecule has 3 N–H and O–H groups in total. The summed E-state index contributed by atoms with van der Waals surface area (Å²) in [6, 6.07) is 11.0. The largest absolute Gasteiger partial charge is 0.310 e. The smallest absolute Gasteiger partial charge is 0.243 e. The van der Waals surface area contributed by atoms with Crippen LogP contribution in [0.5, 0.6) is 0 Å². The number of fused-ring (bicyclic) bond motifs is 2. The lowest BCUT2D eigenvalue weighted by Crippen LogP contribution is -2.20. The van der Waals surface area contributed by atoms with Crippen LogP contribution >= 0.6 is 0 Å². The molecule has 0 saturated heterocycles. The van der Waals surface area contributed by atoms with E-state index in [1.165, 1.54) is 16.6 Å². The van der Waals surface area contributed by atoms with Crippen molar-refractivity contribution in [1.29, 1.82) is 0 Å². The van der Waals surface area contributed by atoms with E-state index in [1.807, 2.05) is 6.07 Å². The molecule has 1 aromatic heterocycles. The highest BCUT2D eigenvalue weighted by atomic mass is 16.5. The molecule has 0 spiro atoms. The first-order valence-corrected chi connectivity index (χ1v) is 8.83. The van der Waals surface area contributed by atoms with Crippen molar-refractivity contribution in [3.63, 3.8) is 0 Å². The maximum atomic E-state index is 10.9. The number of hydrogen-bond donors (Lipinski definition) is 3. The molecule has 128 valence electrons. The van der Waals surface area contributed by atoms with Crippen LogP contribution in [0.25, 0.3) is 10.9 Å². The second-order valence-electron chi connectivity index (χ2n) is 6.46. The lowest BCUT2D eigenvalue weighted by atomic mass is 10.1. The zero-order chi connectivity index (χ0) is 16.8. The number of rotatable bonds is 8. The highest BCUT2D eigenvalue weighted by Gasteiger charge is 2.23. The number of amides is 1. The van der Waals surface area contributed by atoms with Gasteiger partial charge in [-0.2, -0.15) is 0 Å². The van der Waals surface area contributed by atoms with Crippen LogP contribution in [0.2, 0.25) is 0 Å². The third-order valence-electron chi connectivity index (χ3n) is 4.73. The van der Waals surface area contributed by atoms with Gasteiger partial charge in [-0.1, -0.05) is 31.0 Å². The molecular weight excluding hydrogens is 302 g/mol. The summed E-state index contributed by atoms with van der Waals surface area (Å²) < 4.78 is 0. The van der Waals surface area contributed by atoms with Crippen molar-refractivity contribution in [2.45, 2.75) is 51.0 Å². The standard InChI is InChI=1S/C19H25N3O2/c23-19(22-24)9-3-1-2-6-12-20-17-10-11-18-15(17)13-14-7-4-5-8-16(14)21-18/h4-5,7-8,13,17,20,24H,1-3,6,9-12H2,(H,22,23). The van der Waals surface area contributed by atoms with Gasteiger partial charge in [-0.25, -0.2) is 5.48 Å². The van der Waals surface area contributed by atoms with Crippen molar-refractivity contribution in [3.8, 4) is 0 Å². The molecule has 5 nitrogen and oxygen atoms in total. The number of pyridine rings is 1. The molecule has 1 aliphatic rings. The average Bonchev–Trinajstić information content (AvgIpc) is 3.00. The molecule has 5 heteroatoms. The molecule has 0 bridgehead atoms. The first-order valence-electron chi connectivity index (χ1n) is 8.83. The maximum absolute atomic E-state index is 10.9. The van der Waals surface area contributed by atoms with Crippen LogP contribution < -0.4 is 10.8 Å². The van der Waals surface area contributed by atoms with Gasteiger partial charge >= 0.3 is 0 Å². The first kappa shape index (κ1) is 16.9. The lowest BCUT2D eigenvalue weighted by molar-refractivity contribution is -0.129. The van der Waals surface area contributed by atoms with Gasteiger partial charge < -0.3 is 5.32 Å². The van der Waals surface area contributed by atoms with E-state index in [1.54, 1.807) is 5.48 Å². The van der Waals surface area contributed by atoms with Gasteiger partial charge in [-0.15, -0.1) is 0 Å². The van der Waals surface area contributed by atoms with Crippen molar-refractivity contribution in [1.82, 2.24) is 15.8 Å². The number of hydrogen-bond acceptors (Lipinski definition) is 4. The number of nitrogens with one attached hydrogen (secondary N) is 2. The van der Waals surface area contributed by atoms with E-state index in [0.717, 1.165) is 50.6 Å². The van der Waals surface area contributed by atoms with Crippen molar-refractivity contribution in [2.24, 2.45) is 0 Å². The molecule has 1 amide bonds. The lowest BCUT2D eigenvalue weighted by Gasteiger charge is -2.14. The minimum atomic E-state index is -0.296. The quantitative estimate of drug-likeness (QED) is 0.395. The van der Waals surface area contributed by atoms with E-state index in [0.29, 0.717) is 12.5 Å². The molecule has 0 fully saturated rings. The van der Waals surface area contributed by atoms with Gasteiger partial charge in [0, 0.05) is 23.5 Å². The molecule has 2 aromatic rings. The molecule has 0 radical (unpaired) electrons. The molecule has 1 heterocycles. The van der Waals surface area contributed by atoms with Gasteiger partial charge in [0.15, 0.2) is 0 Å². The summed E-state index contributed by atoms with van der Waals surface area (Å²) in [4.78, 5) is 15.7. The summed E-state index contributed by atoms with van der Waals surface area (Å²) in [6.07, 6.45) is 6.62. The maximum Gasteiger partial charge on any atom is 0.243 e. The summed E-state index contributed by atoms with van der Waals surface area (Å²) in [5, 5.41) is 13.3. The monoisotopic (exact) mass is 327 g/mol. The SMILES string of the molecule is O=C(CCCCCCNC1CCc2nc3ccccc3cc21)NO. The van der Waals surface area contributed by atoms with Crippen LogP contribution in [0.4, 0.5) is 0 Å². The molecule has 0 aliphatic heterocycles. The average molecular weight is 327 g/mol. The number of carbonyl (C=O) groups excluding carboxylic acids is 1. The molecular formula is C19H25N3O2. The summed E-state index contributed by atoms with van der Waals surface area (Å²) in [5.41, 5.74) is 5.35. The van der Waals surface area contributed by atoms with Gasteiger partial charge in [-0.3, -0.25) is 15.0 Å². The Labute approximate surface area is 142 Å². The molecule has 3 rings (SSSR count). The van der Waals surface area contributed by atoms with Crippen molar-refractivity contribution in [2.75, 3.05) is 6.54 Å². The number of para-hydroxylation sites is 1. The summed E-state index contributed by atoms with van der Waals surface area (Å²) >= 11 is 0. The topological polar surface area (TPSA) is 74.2 Å². The van der Waals surface area contributed by atoms with Crippen LogP contribution in [0.3, 0.4) is 0 Å². The normalized spacial score (nSPS) is 16.3. The Balaban J connectivity index is 1.44. The fraction of sp³-hybridized carbons (Fsp3) is 0.474. The second kappa shape index (κ2) is 8.22. The Hall–Kier alpha value is -1.98. The van der Waals surface area contributed by atoms with Gasteiger partial charge in [0.25, 0.3) is 0 Å². The van der Waals surface area contributed by atoms with Crippen LogP contribution in [-0.2, 0) is 11.2 Å². The minimum Gasteiger partial charge on any atom is -0.310 e. The Morgan fingerprint density at radius 1 is 1.21 bits per heavy atom. The van der Waals surface area contributed by atoms with Gasteiger partial charge in [0.2, 0.25) is 5.91 Å². The zero-order valence-corrected chi connectivity index (χ0v) is 13.9. The predicted molar refractivity (Wildman–Crippen MR) is 93.8 cm³/mol. The van der Waals surface area contributed by atoms with Gasteiger partial charge in [0.05, 0.1) is 5.52 Å². The highest BCUT2D eigenvalue weighted by molar-refractivity contribution is 5.79. The number of hydroxylamine groups is 1. The van der Waals surface area contributed by atoms with Crippen LogP contribution in [0.15, 0.2) is 30.3 Å². The van der Waals surface area contributed by atoms with Crippen molar-refractivity contribution >= 4 is 16.8 Å². The Morgan fingerprint density at radius 3 is 2.92 bits per heavy atom. The van der Waals surface area contributed by atoms with E-state index < -0.39 is 0 Å². The minimum absolute atomic E-state index is 0.296. The fourth-order valence-corrected chi connectivity index (χ4v) is 3.42. The summed E-state index contributed by atoms with van der Waals surface area (Å²) in [5.74, 6) is -0.296. The zero-order valence-electron chi connectivity index (χ0n) is 13.9. The van der Waals surface area contributed by atoms with Crippen molar-refractivity contribution in [3.05, 3.63) is 41.6 Å². The number of carbonyl (C=O) groups is 1. The molecule has 1 unspecified atom stereocenters. The van der Waals surface area contributed by atoms with E-state index in [4.69, 9.17) is 10.2 Å². The Morgan fingerprint density at radius 2 is 2.04 bits per heavy atom. The Kier molecular flexibility index (Phi) is 5.77. The number of benzene rings is 1. The third-order valence-corrected chi connectivity index (χ3v) is 4.73. The van der Waals surface area contributed by atoms with E-state index >= 15 is 0 Å². The van der Waals surface area contributed by atoms with E-state index in [2.05, 4.69) is 29.6 Å². The summed E-state index contributed by atoms with van der Waals surface area (Å²) in [7, 11) is 0. The fourth-order valence-electron chi connectivity index (χ4n) is 3.42. The summed E-state index contributed by atoms with van der Waals surface area (Å²) in [6.45, 7) is 0.989. The first-order chi connectivity index (χ1) is 11.8. The Bertz CT molecular complexity index is 702. The number of aromatic nitrogens is 1. The molecule has 24 heavy (non-hydrogen) atoms.